The van der Waals surface area contributed by atoms with Crippen molar-refractivity contribution in [2.75, 3.05) is 6.54 Å². The number of hydrogen-bond donors (Lipinski definition) is 1. The maximum atomic E-state index is 12.0. The molecule has 1 aromatic heterocycles. The van der Waals surface area contributed by atoms with Gasteiger partial charge in [0, 0.05) is 19.3 Å². The molecule has 0 spiro atoms. The number of aryl methyl sites for hydroxylation is 1. The van der Waals surface area contributed by atoms with Gasteiger partial charge in [0.25, 0.3) is 5.56 Å². The van der Waals surface area contributed by atoms with E-state index in [0.717, 1.165) is 11.1 Å². The summed E-state index contributed by atoms with van der Waals surface area (Å²) in [4.78, 5) is 12.0. The van der Waals surface area contributed by atoms with Crippen molar-refractivity contribution in [1.82, 2.24) is 4.57 Å². The lowest BCUT2D eigenvalue weighted by Gasteiger charge is -2.10. The molecular formula is C15H18N2O2. The number of rotatable bonds is 5. The van der Waals surface area contributed by atoms with Crippen molar-refractivity contribution in [2.24, 2.45) is 5.73 Å². The second-order valence-electron chi connectivity index (χ2n) is 4.37. The molecule has 0 atom stereocenters. The standard InChI is InChI=1S/C15H18N2O2/c1-12-5-2-3-6-13(12)11-19-14-7-4-9-17(10-8-16)15(14)18/h2-7,9H,8,10-11,16H2,1H3. The second kappa shape index (κ2) is 6.20. The highest BCUT2D eigenvalue weighted by molar-refractivity contribution is 5.26. The molecule has 0 unspecified atom stereocenters. The first-order valence-corrected chi connectivity index (χ1v) is 6.29. The molecule has 0 saturated carbocycles. The Labute approximate surface area is 112 Å². The highest BCUT2D eigenvalue weighted by Crippen LogP contribution is 2.10. The lowest BCUT2D eigenvalue weighted by atomic mass is 10.1. The van der Waals surface area contributed by atoms with Gasteiger partial charge < -0.3 is 15.0 Å². The van der Waals surface area contributed by atoms with Crippen molar-refractivity contribution in [3.8, 4) is 5.75 Å². The highest BCUT2D eigenvalue weighted by Gasteiger charge is 2.05. The van der Waals surface area contributed by atoms with Crippen molar-refractivity contribution >= 4 is 0 Å². The zero-order valence-electron chi connectivity index (χ0n) is 11.0. The quantitative estimate of drug-likeness (QED) is 0.888. The Morgan fingerprint density at radius 2 is 2.00 bits per heavy atom. The molecule has 2 rings (SSSR count). The summed E-state index contributed by atoms with van der Waals surface area (Å²) >= 11 is 0. The Balaban J connectivity index is 2.14. The van der Waals surface area contributed by atoms with Gasteiger partial charge in [0.1, 0.15) is 6.61 Å². The molecule has 2 aromatic rings. The molecule has 1 aromatic carbocycles. The summed E-state index contributed by atoms with van der Waals surface area (Å²) in [5, 5.41) is 0. The maximum Gasteiger partial charge on any atom is 0.292 e. The van der Waals surface area contributed by atoms with Crippen LogP contribution in [0.5, 0.6) is 5.75 Å². The highest BCUT2D eigenvalue weighted by atomic mass is 16.5. The van der Waals surface area contributed by atoms with Gasteiger partial charge in [-0.25, -0.2) is 0 Å². The minimum Gasteiger partial charge on any atom is -0.483 e. The summed E-state index contributed by atoms with van der Waals surface area (Å²) in [5.41, 5.74) is 7.56. The Morgan fingerprint density at radius 1 is 1.21 bits per heavy atom. The molecule has 100 valence electrons. The Hall–Kier alpha value is -2.07. The summed E-state index contributed by atoms with van der Waals surface area (Å²) < 4.78 is 7.18. The Morgan fingerprint density at radius 3 is 2.74 bits per heavy atom. The lowest BCUT2D eigenvalue weighted by molar-refractivity contribution is 0.298. The molecule has 0 saturated heterocycles. The summed E-state index contributed by atoms with van der Waals surface area (Å²) in [6, 6.07) is 11.4. The fraction of sp³-hybridized carbons (Fsp3) is 0.267. The van der Waals surface area contributed by atoms with Crippen molar-refractivity contribution in [1.29, 1.82) is 0 Å². The fourth-order valence-electron chi connectivity index (χ4n) is 1.87. The van der Waals surface area contributed by atoms with Gasteiger partial charge >= 0.3 is 0 Å². The number of nitrogens with two attached hydrogens (primary N) is 1. The molecule has 0 bridgehead atoms. The molecule has 0 aliphatic heterocycles. The molecule has 0 fully saturated rings. The average Bonchev–Trinajstić information content (AvgIpc) is 2.42. The number of ether oxygens (including phenoxy) is 1. The summed E-state index contributed by atoms with van der Waals surface area (Å²) in [6.45, 7) is 3.35. The third-order valence-corrected chi connectivity index (χ3v) is 3.00. The van der Waals surface area contributed by atoms with E-state index in [2.05, 4.69) is 0 Å². The van der Waals surface area contributed by atoms with E-state index < -0.39 is 0 Å². The van der Waals surface area contributed by atoms with E-state index in [1.54, 1.807) is 22.9 Å². The molecule has 0 amide bonds. The van der Waals surface area contributed by atoms with E-state index in [1.807, 2.05) is 31.2 Å². The first-order valence-electron chi connectivity index (χ1n) is 6.29. The number of benzene rings is 1. The van der Waals surface area contributed by atoms with Crippen molar-refractivity contribution in [3.63, 3.8) is 0 Å². The van der Waals surface area contributed by atoms with E-state index in [-0.39, 0.29) is 5.56 Å². The third kappa shape index (κ3) is 3.23. The first kappa shape index (κ1) is 13.4. The minimum atomic E-state index is -0.137. The Kier molecular flexibility index (Phi) is 4.36. The molecule has 19 heavy (non-hydrogen) atoms. The van der Waals surface area contributed by atoms with Gasteiger partial charge in [-0.3, -0.25) is 4.79 Å². The summed E-state index contributed by atoms with van der Waals surface area (Å²) in [5.74, 6) is 0.360. The van der Waals surface area contributed by atoms with E-state index in [0.29, 0.717) is 25.4 Å². The normalized spacial score (nSPS) is 10.4. The van der Waals surface area contributed by atoms with E-state index in [4.69, 9.17) is 10.5 Å². The van der Waals surface area contributed by atoms with Crippen LogP contribution in [0.4, 0.5) is 0 Å². The van der Waals surface area contributed by atoms with Crippen molar-refractivity contribution in [2.45, 2.75) is 20.1 Å². The number of nitrogens with zero attached hydrogens (tertiary/aromatic N) is 1. The lowest BCUT2D eigenvalue weighted by Crippen LogP contribution is -2.24. The largest absolute Gasteiger partial charge is 0.483 e. The van der Waals surface area contributed by atoms with Crippen LogP contribution in [0.25, 0.3) is 0 Å². The van der Waals surface area contributed by atoms with E-state index in [9.17, 15) is 4.79 Å². The third-order valence-electron chi connectivity index (χ3n) is 3.00. The maximum absolute atomic E-state index is 12.0. The molecule has 4 heteroatoms. The number of pyridine rings is 1. The molecule has 4 nitrogen and oxygen atoms in total. The van der Waals surface area contributed by atoms with Crippen molar-refractivity contribution < 1.29 is 4.74 Å². The van der Waals surface area contributed by atoms with Crippen LogP contribution in [0.1, 0.15) is 11.1 Å². The van der Waals surface area contributed by atoms with Gasteiger partial charge in [0.15, 0.2) is 5.75 Å². The predicted molar refractivity (Wildman–Crippen MR) is 75.3 cm³/mol. The zero-order valence-corrected chi connectivity index (χ0v) is 11.0. The molecule has 0 aliphatic rings. The van der Waals surface area contributed by atoms with Gasteiger partial charge in [-0.15, -0.1) is 0 Å². The Bertz CT molecular complexity index is 605. The van der Waals surface area contributed by atoms with Crippen LogP contribution in [-0.4, -0.2) is 11.1 Å². The molecular weight excluding hydrogens is 240 g/mol. The smallest absolute Gasteiger partial charge is 0.292 e. The minimum absolute atomic E-state index is 0.137. The van der Waals surface area contributed by atoms with Gasteiger partial charge in [0.05, 0.1) is 0 Å². The van der Waals surface area contributed by atoms with Crippen LogP contribution in [0.15, 0.2) is 47.4 Å². The molecule has 1 heterocycles. The number of aromatic nitrogens is 1. The molecule has 2 N–H and O–H groups in total. The van der Waals surface area contributed by atoms with E-state index >= 15 is 0 Å². The van der Waals surface area contributed by atoms with Gasteiger partial charge in [-0.2, -0.15) is 0 Å². The summed E-state index contributed by atoms with van der Waals surface area (Å²) in [6.07, 6.45) is 1.72. The average molecular weight is 258 g/mol. The topological polar surface area (TPSA) is 57.2 Å². The summed E-state index contributed by atoms with van der Waals surface area (Å²) in [7, 11) is 0. The zero-order chi connectivity index (χ0) is 13.7. The predicted octanol–water partition coefficient (Wildman–Crippen LogP) is 1.69. The second-order valence-corrected chi connectivity index (χ2v) is 4.37. The first-order chi connectivity index (χ1) is 9.22. The van der Waals surface area contributed by atoms with E-state index in [1.165, 1.54) is 0 Å². The SMILES string of the molecule is Cc1ccccc1COc1cccn(CCN)c1=O. The van der Waals surface area contributed by atoms with Crippen LogP contribution in [0.3, 0.4) is 0 Å². The van der Waals surface area contributed by atoms with Crippen molar-refractivity contribution in [3.05, 3.63) is 64.1 Å². The molecule has 0 radical (unpaired) electrons. The monoisotopic (exact) mass is 258 g/mol. The van der Waals surface area contributed by atoms with Crippen LogP contribution in [-0.2, 0) is 13.2 Å². The van der Waals surface area contributed by atoms with Gasteiger partial charge in [-0.1, -0.05) is 24.3 Å². The fourth-order valence-corrected chi connectivity index (χ4v) is 1.87. The van der Waals surface area contributed by atoms with Crippen LogP contribution in [0.2, 0.25) is 0 Å². The van der Waals surface area contributed by atoms with Crippen LogP contribution in [0, 0.1) is 6.92 Å². The van der Waals surface area contributed by atoms with Crippen LogP contribution < -0.4 is 16.0 Å². The number of hydrogen-bond acceptors (Lipinski definition) is 3. The molecule has 0 aliphatic carbocycles. The van der Waals surface area contributed by atoms with Crippen LogP contribution >= 0.6 is 0 Å². The van der Waals surface area contributed by atoms with Gasteiger partial charge in [-0.05, 0) is 30.2 Å². The van der Waals surface area contributed by atoms with Gasteiger partial charge in [0.2, 0.25) is 0 Å².